The van der Waals surface area contributed by atoms with Gasteiger partial charge in [-0.15, -0.1) is 0 Å². The summed E-state index contributed by atoms with van der Waals surface area (Å²) in [5.41, 5.74) is 1.57. The zero-order valence-electron chi connectivity index (χ0n) is 15.6. The first-order chi connectivity index (χ1) is 12.7. The Morgan fingerprint density at radius 3 is 2.50 bits per heavy atom. The fourth-order valence-electron chi connectivity index (χ4n) is 4.73. The van der Waals surface area contributed by atoms with Crippen molar-refractivity contribution in [1.29, 1.82) is 0 Å². The Morgan fingerprint density at radius 1 is 1.00 bits per heavy atom. The van der Waals surface area contributed by atoms with Crippen LogP contribution in [0.4, 0.5) is 0 Å². The van der Waals surface area contributed by atoms with E-state index in [1.807, 2.05) is 9.47 Å². The lowest BCUT2D eigenvalue weighted by atomic mass is 9.94. The number of nitrogens with zero attached hydrogens (tertiary/aromatic N) is 3. The van der Waals surface area contributed by atoms with E-state index < -0.39 is 0 Å². The predicted octanol–water partition coefficient (Wildman–Crippen LogP) is 2.52. The molecule has 0 radical (unpaired) electrons. The molecule has 1 aliphatic carbocycles. The maximum absolute atomic E-state index is 12.8. The first-order valence-corrected chi connectivity index (χ1v) is 10.4. The number of carbonyl (C=O) groups is 2. The van der Waals surface area contributed by atoms with E-state index in [9.17, 15) is 9.59 Å². The van der Waals surface area contributed by atoms with E-state index in [1.54, 1.807) is 6.33 Å². The van der Waals surface area contributed by atoms with Crippen molar-refractivity contribution in [2.75, 3.05) is 13.1 Å². The van der Waals surface area contributed by atoms with Crippen molar-refractivity contribution >= 4 is 11.8 Å². The third-order valence-corrected chi connectivity index (χ3v) is 6.27. The number of imidazole rings is 1. The molecule has 26 heavy (non-hydrogen) atoms. The van der Waals surface area contributed by atoms with Crippen molar-refractivity contribution in [3.05, 3.63) is 17.7 Å². The summed E-state index contributed by atoms with van der Waals surface area (Å²) in [5, 5.41) is 3.17. The molecule has 1 aromatic heterocycles. The summed E-state index contributed by atoms with van der Waals surface area (Å²) in [5.74, 6) is 0.285. The number of hydrogen-bond donors (Lipinski definition) is 1. The summed E-state index contributed by atoms with van der Waals surface area (Å²) < 4.78 is 2.03. The molecule has 2 aliphatic heterocycles. The van der Waals surface area contributed by atoms with Gasteiger partial charge in [0.15, 0.2) is 0 Å². The number of amides is 2. The highest BCUT2D eigenvalue weighted by Gasteiger charge is 2.32. The summed E-state index contributed by atoms with van der Waals surface area (Å²) in [6.45, 7) is 2.47. The number of fused-ring (bicyclic) bond motifs is 1. The molecule has 2 amide bonds. The number of rotatable bonds is 3. The molecule has 4 rings (SSSR count). The number of piperidine rings is 1. The highest BCUT2D eigenvalue weighted by atomic mass is 16.2. The highest BCUT2D eigenvalue weighted by molar-refractivity contribution is 5.93. The SMILES string of the molecule is O=C(NC1CCCCC1)c1ncn2c1CCC(C(=O)N1CCCCC1)C2. The topological polar surface area (TPSA) is 67.2 Å². The van der Waals surface area contributed by atoms with Crippen LogP contribution in [0.5, 0.6) is 0 Å². The minimum absolute atomic E-state index is 0.0315. The first-order valence-electron chi connectivity index (χ1n) is 10.4. The van der Waals surface area contributed by atoms with Gasteiger partial charge in [0.1, 0.15) is 5.69 Å². The molecule has 3 heterocycles. The van der Waals surface area contributed by atoms with Gasteiger partial charge in [0, 0.05) is 25.7 Å². The van der Waals surface area contributed by atoms with Crippen LogP contribution >= 0.6 is 0 Å². The molecule has 0 spiro atoms. The third-order valence-electron chi connectivity index (χ3n) is 6.27. The Balaban J connectivity index is 1.39. The summed E-state index contributed by atoms with van der Waals surface area (Å²) in [4.78, 5) is 31.9. The Labute approximate surface area is 155 Å². The van der Waals surface area contributed by atoms with Crippen molar-refractivity contribution in [3.8, 4) is 0 Å². The molecule has 1 saturated carbocycles. The first kappa shape index (κ1) is 17.6. The smallest absolute Gasteiger partial charge is 0.271 e. The van der Waals surface area contributed by atoms with Crippen LogP contribution in [0.2, 0.25) is 0 Å². The zero-order valence-corrected chi connectivity index (χ0v) is 15.6. The Bertz CT molecular complexity index is 657. The van der Waals surface area contributed by atoms with Crippen molar-refractivity contribution in [2.24, 2.45) is 5.92 Å². The Morgan fingerprint density at radius 2 is 1.73 bits per heavy atom. The van der Waals surface area contributed by atoms with Crippen molar-refractivity contribution in [3.63, 3.8) is 0 Å². The van der Waals surface area contributed by atoms with Crippen LogP contribution in [0.25, 0.3) is 0 Å². The van der Waals surface area contributed by atoms with Gasteiger partial charge in [-0.1, -0.05) is 19.3 Å². The second-order valence-corrected chi connectivity index (χ2v) is 8.12. The summed E-state index contributed by atoms with van der Waals surface area (Å²) in [6.07, 6.45) is 12.7. The van der Waals surface area contributed by atoms with Crippen molar-refractivity contribution in [1.82, 2.24) is 19.8 Å². The number of hydrogen-bond acceptors (Lipinski definition) is 3. The standard InChI is InChI=1S/C20H30N4O2/c25-19(22-16-7-3-1-4-8-16)18-17-10-9-15(13-24(17)14-21-18)20(26)23-11-5-2-6-12-23/h14-16H,1-13H2,(H,22,25). The molecule has 6 nitrogen and oxygen atoms in total. The monoisotopic (exact) mass is 358 g/mol. The molecular weight excluding hydrogens is 328 g/mol. The van der Waals surface area contributed by atoms with Gasteiger partial charge in [0.2, 0.25) is 5.91 Å². The van der Waals surface area contributed by atoms with E-state index in [0.29, 0.717) is 18.3 Å². The minimum Gasteiger partial charge on any atom is -0.348 e. The zero-order chi connectivity index (χ0) is 17.9. The van der Waals surface area contributed by atoms with E-state index >= 15 is 0 Å². The van der Waals surface area contributed by atoms with Crippen molar-refractivity contribution in [2.45, 2.75) is 76.8 Å². The van der Waals surface area contributed by atoms with E-state index in [0.717, 1.165) is 57.3 Å². The highest BCUT2D eigenvalue weighted by Crippen LogP contribution is 2.26. The quantitative estimate of drug-likeness (QED) is 0.903. The molecule has 6 heteroatoms. The fourth-order valence-corrected chi connectivity index (χ4v) is 4.73. The Hall–Kier alpha value is -1.85. The summed E-state index contributed by atoms with van der Waals surface area (Å²) in [6, 6.07) is 0.297. The molecule has 0 aromatic carbocycles. The molecular formula is C20H30N4O2. The van der Waals surface area contributed by atoms with Gasteiger partial charge < -0.3 is 14.8 Å². The van der Waals surface area contributed by atoms with Crippen LogP contribution in [-0.4, -0.2) is 45.4 Å². The van der Waals surface area contributed by atoms with Gasteiger partial charge in [-0.2, -0.15) is 0 Å². The molecule has 1 saturated heterocycles. The van der Waals surface area contributed by atoms with Crippen molar-refractivity contribution < 1.29 is 9.59 Å². The largest absolute Gasteiger partial charge is 0.348 e. The minimum atomic E-state index is -0.0357. The van der Waals surface area contributed by atoms with Crippen LogP contribution in [0.3, 0.4) is 0 Å². The normalized spacial score (nSPS) is 24.2. The van der Waals surface area contributed by atoms with Gasteiger partial charge in [-0.3, -0.25) is 9.59 Å². The molecule has 2 fully saturated rings. The Kier molecular flexibility index (Phi) is 5.27. The van der Waals surface area contributed by atoms with Gasteiger partial charge in [0.25, 0.3) is 5.91 Å². The predicted molar refractivity (Wildman–Crippen MR) is 98.8 cm³/mol. The maximum Gasteiger partial charge on any atom is 0.271 e. The van der Waals surface area contributed by atoms with Crippen LogP contribution in [0.15, 0.2) is 6.33 Å². The van der Waals surface area contributed by atoms with Crippen LogP contribution in [0.1, 0.15) is 74.0 Å². The average Bonchev–Trinajstić information content (AvgIpc) is 3.12. The number of aromatic nitrogens is 2. The average molecular weight is 358 g/mol. The third kappa shape index (κ3) is 3.64. The molecule has 1 unspecified atom stereocenters. The maximum atomic E-state index is 12.8. The fraction of sp³-hybridized carbons (Fsp3) is 0.750. The van der Waals surface area contributed by atoms with E-state index in [-0.39, 0.29) is 17.7 Å². The number of nitrogens with one attached hydrogen (secondary N) is 1. The van der Waals surface area contributed by atoms with Crippen LogP contribution < -0.4 is 5.32 Å². The second kappa shape index (κ2) is 7.80. The lowest BCUT2D eigenvalue weighted by Crippen LogP contribution is -2.42. The number of likely N-dealkylation sites (tertiary alicyclic amines) is 1. The van der Waals surface area contributed by atoms with Crippen LogP contribution in [0, 0.1) is 5.92 Å². The number of carbonyl (C=O) groups excluding carboxylic acids is 2. The van der Waals surface area contributed by atoms with E-state index in [2.05, 4.69) is 10.3 Å². The molecule has 1 aromatic rings. The molecule has 3 aliphatic rings. The van der Waals surface area contributed by atoms with E-state index in [1.165, 1.54) is 25.7 Å². The van der Waals surface area contributed by atoms with Gasteiger partial charge >= 0.3 is 0 Å². The molecule has 142 valence electrons. The van der Waals surface area contributed by atoms with Crippen LogP contribution in [-0.2, 0) is 17.8 Å². The van der Waals surface area contributed by atoms with E-state index in [4.69, 9.17) is 0 Å². The molecule has 0 bridgehead atoms. The van der Waals surface area contributed by atoms with Gasteiger partial charge in [-0.25, -0.2) is 4.98 Å². The lowest BCUT2D eigenvalue weighted by molar-refractivity contribution is -0.137. The lowest BCUT2D eigenvalue weighted by Gasteiger charge is -2.32. The van der Waals surface area contributed by atoms with Gasteiger partial charge in [0.05, 0.1) is 17.9 Å². The second-order valence-electron chi connectivity index (χ2n) is 8.12. The van der Waals surface area contributed by atoms with Gasteiger partial charge in [-0.05, 0) is 44.9 Å². The summed E-state index contributed by atoms with van der Waals surface area (Å²) in [7, 11) is 0. The summed E-state index contributed by atoms with van der Waals surface area (Å²) >= 11 is 0. The molecule has 1 atom stereocenters. The molecule has 1 N–H and O–H groups in total.